The number of halogens is 3. The van der Waals surface area contributed by atoms with Crippen LogP contribution in [-0.2, 0) is 31.8 Å². The van der Waals surface area contributed by atoms with E-state index < -0.39 is 35.5 Å². The maximum atomic E-state index is 15.1. The number of carbonyl (C=O) groups is 2. The van der Waals surface area contributed by atoms with Crippen molar-refractivity contribution in [2.45, 2.75) is 49.9 Å². The molecule has 2 aliphatic rings. The standard InChI is InChI=1S/C34H39F3N4O5/c35-25-5-1-22(2-6-25)32(23-3-7-26(36)8-4-23)33(38)31(42)13-24-15-39-18-30(37)29(24)10-9-27-16-40-17-28(46-27)20-45-34(43)41-14-21-11-12-44-19-21/h1-8,15,18,21,27-28,32-33,40H,9-14,16-17,19-20,38H2,(H,41,43)/t21?,27-,28+,33?/m1/s1. The third-order valence-corrected chi connectivity index (χ3v) is 8.45. The molecule has 0 bridgehead atoms. The highest BCUT2D eigenvalue weighted by Gasteiger charge is 2.30. The van der Waals surface area contributed by atoms with Crippen molar-refractivity contribution < 1.29 is 37.0 Å². The maximum absolute atomic E-state index is 15.1. The number of ketones is 1. The molecule has 5 rings (SSSR count). The lowest BCUT2D eigenvalue weighted by atomic mass is 9.82. The largest absolute Gasteiger partial charge is 0.447 e. The minimum absolute atomic E-state index is 0.0705. The zero-order valence-corrected chi connectivity index (χ0v) is 25.4. The van der Waals surface area contributed by atoms with Gasteiger partial charge in [-0.15, -0.1) is 0 Å². The van der Waals surface area contributed by atoms with Gasteiger partial charge in [-0.3, -0.25) is 9.78 Å². The molecule has 4 atom stereocenters. The van der Waals surface area contributed by atoms with Crippen molar-refractivity contribution in [2.24, 2.45) is 11.7 Å². The van der Waals surface area contributed by atoms with Crippen molar-refractivity contribution in [1.82, 2.24) is 15.6 Å². The van der Waals surface area contributed by atoms with Gasteiger partial charge in [0.05, 0.1) is 24.9 Å². The fourth-order valence-electron chi connectivity index (χ4n) is 5.91. The molecule has 2 aliphatic heterocycles. The van der Waals surface area contributed by atoms with Crippen LogP contribution in [0.5, 0.6) is 0 Å². The lowest BCUT2D eigenvalue weighted by Crippen LogP contribution is -2.47. The third-order valence-electron chi connectivity index (χ3n) is 8.45. The van der Waals surface area contributed by atoms with Crippen LogP contribution in [-0.4, -0.2) is 74.6 Å². The lowest BCUT2D eigenvalue weighted by Gasteiger charge is -2.31. The molecular formula is C34H39F3N4O5. The first-order valence-electron chi connectivity index (χ1n) is 15.5. The number of Topliss-reactive ketones (excluding diaryl/α,β-unsaturated/α-hetero) is 1. The maximum Gasteiger partial charge on any atom is 0.407 e. The van der Waals surface area contributed by atoms with Gasteiger partial charge in [-0.05, 0) is 65.8 Å². The molecule has 0 radical (unpaired) electrons. The van der Waals surface area contributed by atoms with Gasteiger partial charge < -0.3 is 30.6 Å². The highest BCUT2D eigenvalue weighted by Crippen LogP contribution is 2.29. The van der Waals surface area contributed by atoms with Gasteiger partial charge in [-0.1, -0.05) is 24.3 Å². The smallest absolute Gasteiger partial charge is 0.407 e. The fraction of sp³-hybridized carbons (Fsp3) is 0.441. The monoisotopic (exact) mass is 640 g/mol. The molecule has 0 spiro atoms. The fourth-order valence-corrected chi connectivity index (χ4v) is 5.91. The summed E-state index contributed by atoms with van der Waals surface area (Å²) >= 11 is 0. The highest BCUT2D eigenvalue weighted by molar-refractivity contribution is 5.87. The summed E-state index contributed by atoms with van der Waals surface area (Å²) in [5.41, 5.74) is 8.45. The quantitative estimate of drug-likeness (QED) is 0.258. The first-order chi connectivity index (χ1) is 22.3. The molecule has 2 saturated heterocycles. The number of alkyl carbamates (subject to hydrolysis) is 1. The summed E-state index contributed by atoms with van der Waals surface area (Å²) in [5.74, 6) is -2.19. The van der Waals surface area contributed by atoms with Gasteiger partial charge in [0.25, 0.3) is 0 Å². The van der Waals surface area contributed by atoms with Gasteiger partial charge in [-0.2, -0.15) is 0 Å². The molecule has 0 aliphatic carbocycles. The number of nitrogens with two attached hydrogens (primary N) is 1. The predicted octanol–water partition coefficient (Wildman–Crippen LogP) is 3.82. The van der Waals surface area contributed by atoms with E-state index in [1.165, 1.54) is 30.5 Å². The second-order valence-electron chi connectivity index (χ2n) is 11.8. The second kappa shape index (κ2) is 16.1. The molecule has 3 heterocycles. The molecule has 0 saturated carbocycles. The average Bonchev–Trinajstić information content (AvgIpc) is 3.58. The Balaban J connectivity index is 1.19. The van der Waals surface area contributed by atoms with Crippen LogP contribution >= 0.6 is 0 Å². The number of benzene rings is 2. The Labute approximate surface area is 266 Å². The molecule has 46 heavy (non-hydrogen) atoms. The number of amides is 1. The number of aromatic nitrogens is 1. The second-order valence-corrected chi connectivity index (χ2v) is 11.8. The summed E-state index contributed by atoms with van der Waals surface area (Å²) in [5, 5.41) is 6.03. The Morgan fingerprint density at radius 1 is 1.00 bits per heavy atom. The summed E-state index contributed by atoms with van der Waals surface area (Å²) in [6.45, 7) is 2.94. The Bertz CT molecular complexity index is 1410. The molecule has 3 aromatic rings. The van der Waals surface area contributed by atoms with E-state index in [2.05, 4.69) is 15.6 Å². The summed E-state index contributed by atoms with van der Waals surface area (Å²) in [4.78, 5) is 29.7. The zero-order valence-electron chi connectivity index (χ0n) is 25.4. The SMILES string of the molecule is NC(C(=O)Cc1cncc(F)c1CC[C@@H]1CNC[C@@H](COC(=O)NCC2CCOC2)O1)C(c1ccc(F)cc1)c1ccc(F)cc1. The molecule has 246 valence electrons. The molecule has 1 aromatic heterocycles. The van der Waals surface area contributed by atoms with Crippen LogP contribution in [0.25, 0.3) is 0 Å². The van der Waals surface area contributed by atoms with E-state index in [1.807, 2.05) is 0 Å². The Morgan fingerprint density at radius 2 is 1.67 bits per heavy atom. The van der Waals surface area contributed by atoms with Crippen molar-refractivity contribution in [3.63, 3.8) is 0 Å². The van der Waals surface area contributed by atoms with Crippen LogP contribution in [0.15, 0.2) is 60.9 Å². The van der Waals surface area contributed by atoms with Crippen LogP contribution in [0.1, 0.15) is 41.0 Å². The van der Waals surface area contributed by atoms with Crippen molar-refractivity contribution in [1.29, 1.82) is 0 Å². The van der Waals surface area contributed by atoms with E-state index in [0.717, 1.165) is 12.6 Å². The van der Waals surface area contributed by atoms with Crippen molar-refractivity contribution >= 4 is 11.9 Å². The van der Waals surface area contributed by atoms with E-state index in [4.69, 9.17) is 19.9 Å². The Morgan fingerprint density at radius 3 is 2.33 bits per heavy atom. The van der Waals surface area contributed by atoms with Gasteiger partial charge in [0.1, 0.15) is 30.2 Å². The molecule has 12 heteroatoms. The predicted molar refractivity (Wildman–Crippen MR) is 164 cm³/mol. The molecule has 9 nitrogen and oxygen atoms in total. The number of carbonyl (C=O) groups excluding carboxylic acids is 2. The Hall–Kier alpha value is -3.84. The number of nitrogens with zero attached hydrogens (tertiary/aromatic N) is 1. The Kier molecular flexibility index (Phi) is 11.8. The van der Waals surface area contributed by atoms with E-state index in [9.17, 15) is 18.4 Å². The molecule has 2 fully saturated rings. The number of pyridine rings is 1. The van der Waals surface area contributed by atoms with E-state index in [-0.39, 0.29) is 37.4 Å². The van der Waals surface area contributed by atoms with Crippen molar-refractivity contribution in [3.05, 3.63) is 101 Å². The summed E-state index contributed by atoms with van der Waals surface area (Å²) < 4.78 is 59.2. The topological polar surface area (TPSA) is 125 Å². The zero-order chi connectivity index (χ0) is 32.5. The van der Waals surface area contributed by atoms with Crippen LogP contribution < -0.4 is 16.4 Å². The number of nitrogens with one attached hydrogen (secondary N) is 2. The first kappa shape index (κ1) is 33.5. The number of morpholine rings is 1. The third kappa shape index (κ3) is 9.12. The van der Waals surface area contributed by atoms with Crippen LogP contribution in [0.3, 0.4) is 0 Å². The van der Waals surface area contributed by atoms with E-state index in [1.54, 1.807) is 24.3 Å². The van der Waals surface area contributed by atoms with Crippen LogP contribution in [0.2, 0.25) is 0 Å². The molecule has 2 unspecified atom stereocenters. The number of ether oxygens (including phenoxy) is 3. The number of rotatable bonds is 13. The van der Waals surface area contributed by atoms with Gasteiger partial charge in [0.15, 0.2) is 5.78 Å². The summed E-state index contributed by atoms with van der Waals surface area (Å²) in [6.07, 6.45) is 2.86. The van der Waals surface area contributed by atoms with Crippen LogP contribution in [0.4, 0.5) is 18.0 Å². The van der Waals surface area contributed by atoms with E-state index >= 15 is 4.39 Å². The summed E-state index contributed by atoms with van der Waals surface area (Å²) in [6, 6.07) is 10.2. The highest BCUT2D eigenvalue weighted by atomic mass is 19.1. The van der Waals surface area contributed by atoms with Gasteiger partial charge in [0.2, 0.25) is 0 Å². The normalized spacial score (nSPS) is 20.4. The van der Waals surface area contributed by atoms with E-state index in [0.29, 0.717) is 67.4 Å². The minimum Gasteiger partial charge on any atom is -0.447 e. The molecule has 1 amide bonds. The number of hydrogen-bond donors (Lipinski definition) is 3. The van der Waals surface area contributed by atoms with Crippen LogP contribution in [0, 0.1) is 23.4 Å². The molecule has 4 N–H and O–H groups in total. The first-order valence-corrected chi connectivity index (χ1v) is 15.5. The minimum atomic E-state index is -1.08. The van der Waals surface area contributed by atoms with Crippen molar-refractivity contribution in [2.75, 3.05) is 39.5 Å². The molecule has 2 aromatic carbocycles. The summed E-state index contributed by atoms with van der Waals surface area (Å²) in [7, 11) is 0. The average molecular weight is 641 g/mol. The van der Waals surface area contributed by atoms with Gasteiger partial charge >= 0.3 is 6.09 Å². The number of hydrogen-bond acceptors (Lipinski definition) is 8. The molecular weight excluding hydrogens is 601 g/mol. The lowest BCUT2D eigenvalue weighted by molar-refractivity contribution is -0.119. The van der Waals surface area contributed by atoms with Gasteiger partial charge in [-0.25, -0.2) is 18.0 Å². The van der Waals surface area contributed by atoms with Crippen molar-refractivity contribution in [3.8, 4) is 0 Å². The van der Waals surface area contributed by atoms with Gasteiger partial charge in [0, 0.05) is 50.7 Å².